The summed E-state index contributed by atoms with van der Waals surface area (Å²) in [6.45, 7) is 7.07. The molecule has 0 aromatic heterocycles. The van der Waals surface area contributed by atoms with Crippen molar-refractivity contribution < 1.29 is 14.3 Å². The molecular formula is C13H23NO3. The number of rotatable bonds is 4. The maximum absolute atomic E-state index is 11.7. The Labute approximate surface area is 103 Å². The second kappa shape index (κ2) is 6.62. The SMILES string of the molecule is CCC(=O)C1CCN(C(=O)OC(C)CC)CC1. The molecule has 1 rings (SSSR count). The van der Waals surface area contributed by atoms with E-state index in [1.807, 2.05) is 20.8 Å². The molecule has 0 N–H and O–H groups in total. The van der Waals surface area contributed by atoms with E-state index in [4.69, 9.17) is 4.74 Å². The Morgan fingerprint density at radius 3 is 2.35 bits per heavy atom. The van der Waals surface area contributed by atoms with E-state index in [0.717, 1.165) is 19.3 Å². The molecule has 1 heterocycles. The Bertz CT molecular complexity index is 270. The number of Topliss-reactive ketones (excluding diaryl/α,β-unsaturated/α-hetero) is 1. The summed E-state index contributed by atoms with van der Waals surface area (Å²) in [5.74, 6) is 0.465. The van der Waals surface area contributed by atoms with Crippen molar-refractivity contribution in [3.8, 4) is 0 Å². The van der Waals surface area contributed by atoms with Crippen LogP contribution < -0.4 is 0 Å². The van der Waals surface area contributed by atoms with Crippen LogP contribution in [0.4, 0.5) is 4.79 Å². The van der Waals surface area contributed by atoms with E-state index in [-0.39, 0.29) is 18.1 Å². The molecule has 1 atom stereocenters. The first kappa shape index (κ1) is 14.0. The number of nitrogens with zero attached hydrogens (tertiary/aromatic N) is 1. The van der Waals surface area contributed by atoms with Crippen molar-refractivity contribution in [2.45, 2.75) is 52.6 Å². The van der Waals surface area contributed by atoms with Crippen molar-refractivity contribution in [2.24, 2.45) is 5.92 Å². The number of carbonyl (C=O) groups is 2. The summed E-state index contributed by atoms with van der Waals surface area (Å²) in [5, 5.41) is 0. The van der Waals surface area contributed by atoms with Gasteiger partial charge in [0.25, 0.3) is 0 Å². The maximum atomic E-state index is 11.7. The number of carbonyl (C=O) groups excluding carboxylic acids is 2. The van der Waals surface area contributed by atoms with Crippen molar-refractivity contribution in [2.75, 3.05) is 13.1 Å². The van der Waals surface area contributed by atoms with Gasteiger partial charge in [0.2, 0.25) is 0 Å². The van der Waals surface area contributed by atoms with E-state index in [0.29, 0.717) is 25.3 Å². The number of hydrogen-bond acceptors (Lipinski definition) is 3. The van der Waals surface area contributed by atoms with Crippen LogP contribution in [-0.2, 0) is 9.53 Å². The third-order valence-corrected chi connectivity index (χ3v) is 3.43. The molecule has 98 valence electrons. The van der Waals surface area contributed by atoms with Crippen molar-refractivity contribution in [1.82, 2.24) is 4.90 Å². The molecule has 17 heavy (non-hydrogen) atoms. The third kappa shape index (κ3) is 4.02. The van der Waals surface area contributed by atoms with Crippen LogP contribution in [0.1, 0.15) is 46.5 Å². The summed E-state index contributed by atoms with van der Waals surface area (Å²) < 4.78 is 5.26. The molecule has 0 aromatic carbocycles. The fraction of sp³-hybridized carbons (Fsp3) is 0.846. The largest absolute Gasteiger partial charge is 0.446 e. The lowest BCUT2D eigenvalue weighted by molar-refractivity contribution is -0.123. The zero-order valence-electron chi connectivity index (χ0n) is 11.1. The van der Waals surface area contributed by atoms with E-state index in [2.05, 4.69) is 0 Å². The van der Waals surface area contributed by atoms with Gasteiger partial charge in [0, 0.05) is 25.4 Å². The molecule has 0 saturated carbocycles. The van der Waals surface area contributed by atoms with Crippen LogP contribution in [0.3, 0.4) is 0 Å². The Balaban J connectivity index is 2.36. The van der Waals surface area contributed by atoms with Crippen LogP contribution in [0.15, 0.2) is 0 Å². The van der Waals surface area contributed by atoms with Crippen LogP contribution in [0.25, 0.3) is 0 Å². The van der Waals surface area contributed by atoms with Gasteiger partial charge in [-0.1, -0.05) is 13.8 Å². The minimum atomic E-state index is -0.234. The average Bonchev–Trinajstić information content (AvgIpc) is 2.37. The van der Waals surface area contributed by atoms with E-state index in [1.165, 1.54) is 0 Å². The second-order valence-electron chi connectivity index (χ2n) is 4.68. The molecule has 0 radical (unpaired) electrons. The van der Waals surface area contributed by atoms with Crippen molar-refractivity contribution in [3.05, 3.63) is 0 Å². The summed E-state index contributed by atoms with van der Waals surface area (Å²) in [7, 11) is 0. The Morgan fingerprint density at radius 2 is 1.88 bits per heavy atom. The van der Waals surface area contributed by atoms with E-state index >= 15 is 0 Å². The molecule has 1 fully saturated rings. The molecule has 0 bridgehead atoms. The normalized spacial score (nSPS) is 18.9. The highest BCUT2D eigenvalue weighted by Gasteiger charge is 2.27. The number of piperidine rings is 1. The second-order valence-corrected chi connectivity index (χ2v) is 4.68. The van der Waals surface area contributed by atoms with E-state index in [9.17, 15) is 9.59 Å². The topological polar surface area (TPSA) is 46.6 Å². The molecule has 0 spiro atoms. The van der Waals surface area contributed by atoms with Gasteiger partial charge < -0.3 is 9.64 Å². The van der Waals surface area contributed by atoms with Gasteiger partial charge in [0.15, 0.2) is 0 Å². The first-order chi connectivity index (χ1) is 8.08. The highest BCUT2D eigenvalue weighted by atomic mass is 16.6. The first-order valence-electron chi connectivity index (χ1n) is 6.56. The van der Waals surface area contributed by atoms with Gasteiger partial charge in [-0.25, -0.2) is 4.79 Å². The van der Waals surface area contributed by atoms with Gasteiger partial charge in [-0.3, -0.25) is 4.79 Å². The van der Waals surface area contributed by atoms with Crippen LogP contribution in [0, 0.1) is 5.92 Å². The lowest BCUT2D eigenvalue weighted by Gasteiger charge is -2.31. The van der Waals surface area contributed by atoms with Crippen molar-refractivity contribution in [1.29, 1.82) is 0 Å². The van der Waals surface area contributed by atoms with Gasteiger partial charge in [-0.05, 0) is 26.2 Å². The molecule has 1 amide bonds. The molecular weight excluding hydrogens is 218 g/mol. The lowest BCUT2D eigenvalue weighted by atomic mass is 9.91. The smallest absolute Gasteiger partial charge is 0.410 e. The minimum absolute atomic E-state index is 0.0301. The van der Waals surface area contributed by atoms with Gasteiger partial charge in [0.1, 0.15) is 11.9 Å². The summed E-state index contributed by atoms with van der Waals surface area (Å²) >= 11 is 0. The summed E-state index contributed by atoms with van der Waals surface area (Å²) in [6, 6.07) is 0. The number of ketones is 1. The van der Waals surface area contributed by atoms with Crippen molar-refractivity contribution in [3.63, 3.8) is 0 Å². The maximum Gasteiger partial charge on any atom is 0.410 e. The summed E-state index contributed by atoms with van der Waals surface area (Å²) in [6.07, 6.45) is 2.72. The zero-order chi connectivity index (χ0) is 12.8. The fourth-order valence-corrected chi connectivity index (χ4v) is 2.00. The summed E-state index contributed by atoms with van der Waals surface area (Å²) in [4.78, 5) is 25.0. The Hall–Kier alpha value is -1.06. The van der Waals surface area contributed by atoms with Crippen LogP contribution in [0.5, 0.6) is 0 Å². The van der Waals surface area contributed by atoms with Gasteiger partial charge >= 0.3 is 6.09 Å². The highest BCUT2D eigenvalue weighted by Crippen LogP contribution is 2.20. The number of ether oxygens (including phenoxy) is 1. The van der Waals surface area contributed by atoms with Crippen LogP contribution in [-0.4, -0.2) is 36.0 Å². The van der Waals surface area contributed by atoms with Crippen LogP contribution >= 0.6 is 0 Å². The first-order valence-corrected chi connectivity index (χ1v) is 6.56. The fourth-order valence-electron chi connectivity index (χ4n) is 2.00. The molecule has 0 aromatic rings. The number of amides is 1. The number of likely N-dealkylation sites (tertiary alicyclic amines) is 1. The number of hydrogen-bond donors (Lipinski definition) is 0. The zero-order valence-corrected chi connectivity index (χ0v) is 11.1. The molecule has 1 unspecified atom stereocenters. The van der Waals surface area contributed by atoms with Gasteiger partial charge in [0.05, 0.1) is 0 Å². The standard InChI is InChI=1S/C13H23NO3/c1-4-10(3)17-13(16)14-8-6-11(7-9-14)12(15)5-2/h10-11H,4-9H2,1-3H3. The van der Waals surface area contributed by atoms with Gasteiger partial charge in [-0.2, -0.15) is 0 Å². The quantitative estimate of drug-likeness (QED) is 0.760. The van der Waals surface area contributed by atoms with Crippen molar-refractivity contribution >= 4 is 11.9 Å². The molecule has 0 aliphatic carbocycles. The Kier molecular flexibility index (Phi) is 5.45. The molecule has 4 heteroatoms. The molecule has 1 aliphatic rings. The third-order valence-electron chi connectivity index (χ3n) is 3.43. The van der Waals surface area contributed by atoms with E-state index in [1.54, 1.807) is 4.90 Å². The highest BCUT2D eigenvalue weighted by molar-refractivity contribution is 5.81. The monoisotopic (exact) mass is 241 g/mol. The predicted molar refractivity (Wildman–Crippen MR) is 65.8 cm³/mol. The molecule has 1 aliphatic heterocycles. The van der Waals surface area contributed by atoms with Crippen LogP contribution in [0.2, 0.25) is 0 Å². The summed E-state index contributed by atoms with van der Waals surface area (Å²) in [5.41, 5.74) is 0. The Morgan fingerprint density at radius 1 is 1.29 bits per heavy atom. The minimum Gasteiger partial charge on any atom is -0.446 e. The van der Waals surface area contributed by atoms with Gasteiger partial charge in [-0.15, -0.1) is 0 Å². The lowest BCUT2D eigenvalue weighted by Crippen LogP contribution is -2.41. The molecule has 4 nitrogen and oxygen atoms in total. The molecule has 1 saturated heterocycles. The van der Waals surface area contributed by atoms with E-state index < -0.39 is 0 Å². The average molecular weight is 241 g/mol. The predicted octanol–water partition coefficient (Wildman–Crippen LogP) is 2.61.